The number of benzene rings is 10. The van der Waals surface area contributed by atoms with Gasteiger partial charge < -0.3 is 4.42 Å². The van der Waals surface area contributed by atoms with Crippen molar-refractivity contribution in [3.05, 3.63) is 229 Å². The van der Waals surface area contributed by atoms with Crippen molar-refractivity contribution in [2.75, 3.05) is 0 Å². The van der Waals surface area contributed by atoms with E-state index in [0.29, 0.717) is 0 Å². The lowest BCUT2D eigenvalue weighted by Gasteiger charge is -2.35. The van der Waals surface area contributed by atoms with E-state index in [2.05, 4.69) is 206 Å². The molecule has 1 aromatic heterocycles. The fourth-order valence-electron chi connectivity index (χ4n) is 9.92. The topological polar surface area (TPSA) is 13.1 Å². The average molecular weight is 711 g/mol. The lowest BCUT2D eigenvalue weighted by atomic mass is 9.66. The van der Waals surface area contributed by atoms with Gasteiger partial charge >= 0.3 is 0 Å². The molecule has 0 unspecified atom stereocenters. The van der Waals surface area contributed by atoms with Crippen LogP contribution in [0.4, 0.5) is 0 Å². The van der Waals surface area contributed by atoms with Crippen LogP contribution in [-0.2, 0) is 5.41 Å². The first-order valence-electron chi connectivity index (χ1n) is 19.4. The second kappa shape index (κ2) is 11.9. The van der Waals surface area contributed by atoms with Crippen molar-refractivity contribution in [2.24, 2.45) is 0 Å². The van der Waals surface area contributed by atoms with Gasteiger partial charge in [0.2, 0.25) is 0 Å². The maximum Gasteiger partial charge on any atom is 0.143 e. The van der Waals surface area contributed by atoms with E-state index in [1.807, 2.05) is 0 Å². The molecule has 0 saturated heterocycles. The van der Waals surface area contributed by atoms with Crippen molar-refractivity contribution < 1.29 is 4.42 Å². The van der Waals surface area contributed by atoms with Crippen LogP contribution in [0.1, 0.15) is 22.3 Å². The number of hydrogen-bond acceptors (Lipinski definition) is 1. The lowest BCUT2D eigenvalue weighted by molar-refractivity contribution is 0.673. The fraction of sp³-hybridized carbons (Fsp3) is 0.0182. The Bertz CT molecular complexity index is 3310. The minimum Gasteiger partial charge on any atom is -0.455 e. The highest BCUT2D eigenvalue weighted by molar-refractivity contribution is 6.19. The average Bonchev–Trinajstić information content (AvgIpc) is 3.82. The molecule has 0 spiro atoms. The van der Waals surface area contributed by atoms with Crippen LogP contribution in [0.15, 0.2) is 211 Å². The third-order valence-corrected chi connectivity index (χ3v) is 12.3. The smallest absolute Gasteiger partial charge is 0.143 e. The summed E-state index contributed by atoms with van der Waals surface area (Å²) in [5, 5.41) is 9.57. The molecule has 0 amide bonds. The third-order valence-electron chi connectivity index (χ3n) is 12.3. The quantitative estimate of drug-likeness (QED) is 0.177. The van der Waals surface area contributed by atoms with Crippen LogP contribution in [0, 0.1) is 0 Å². The van der Waals surface area contributed by atoms with Crippen molar-refractivity contribution >= 4 is 54.3 Å². The summed E-state index contributed by atoms with van der Waals surface area (Å²) in [6.45, 7) is 0. The minimum absolute atomic E-state index is 0.564. The zero-order chi connectivity index (χ0) is 36.8. The van der Waals surface area contributed by atoms with Gasteiger partial charge in [-0.25, -0.2) is 0 Å². The molecule has 0 radical (unpaired) electrons. The Morgan fingerprint density at radius 3 is 1.79 bits per heavy atom. The molecule has 1 aliphatic rings. The Labute approximate surface area is 324 Å². The summed E-state index contributed by atoms with van der Waals surface area (Å²) in [4.78, 5) is 0. The molecule has 0 atom stereocenters. The van der Waals surface area contributed by atoms with E-state index < -0.39 is 5.41 Å². The first kappa shape index (κ1) is 31.2. The van der Waals surface area contributed by atoms with Gasteiger partial charge in [0.05, 0.1) is 5.41 Å². The molecule has 1 heterocycles. The molecule has 1 nitrogen and oxygen atoms in total. The van der Waals surface area contributed by atoms with Gasteiger partial charge in [0.1, 0.15) is 11.2 Å². The number of furan rings is 1. The van der Waals surface area contributed by atoms with Crippen molar-refractivity contribution in [1.29, 1.82) is 0 Å². The molecule has 10 aromatic carbocycles. The first-order chi connectivity index (χ1) is 27.8. The van der Waals surface area contributed by atoms with Gasteiger partial charge in [-0.2, -0.15) is 0 Å². The Hall–Kier alpha value is -7.22. The number of fused-ring (bicyclic) bond motifs is 11. The standard InChI is InChI=1S/C55H34O/c1-3-17-41(18-4-1)55(42-19-5-2-6-20-42)49-24-12-11-22-45(49)52-47(38-27-26-35-14-7-8-16-37(35)32-38)33-40-29-28-39(34-48(40)53(52)55)43-23-13-25-50-51(43)46-31-30-36-15-9-10-21-44(36)54(46)56-50/h1-34H. The van der Waals surface area contributed by atoms with E-state index in [1.54, 1.807) is 0 Å². The van der Waals surface area contributed by atoms with E-state index in [0.717, 1.165) is 27.3 Å². The van der Waals surface area contributed by atoms with E-state index in [-0.39, 0.29) is 0 Å². The van der Waals surface area contributed by atoms with E-state index in [4.69, 9.17) is 4.42 Å². The Balaban J connectivity index is 1.23. The Morgan fingerprint density at radius 1 is 0.357 bits per heavy atom. The van der Waals surface area contributed by atoms with Gasteiger partial charge in [-0.1, -0.05) is 176 Å². The monoisotopic (exact) mass is 710 g/mol. The van der Waals surface area contributed by atoms with E-state index >= 15 is 0 Å². The highest BCUT2D eigenvalue weighted by Crippen LogP contribution is 2.60. The molecule has 1 heteroatoms. The van der Waals surface area contributed by atoms with Crippen molar-refractivity contribution in [2.45, 2.75) is 5.41 Å². The molecule has 0 bridgehead atoms. The maximum atomic E-state index is 6.68. The Kier molecular flexibility index (Phi) is 6.62. The van der Waals surface area contributed by atoms with Gasteiger partial charge in [0.25, 0.3) is 0 Å². The van der Waals surface area contributed by atoms with Gasteiger partial charge in [-0.15, -0.1) is 0 Å². The van der Waals surface area contributed by atoms with Crippen LogP contribution >= 0.6 is 0 Å². The molecule has 1 aliphatic carbocycles. The summed E-state index contributed by atoms with van der Waals surface area (Å²) in [6, 6.07) is 76.0. The Morgan fingerprint density at radius 2 is 0.982 bits per heavy atom. The predicted molar refractivity (Wildman–Crippen MR) is 234 cm³/mol. The second-order valence-electron chi connectivity index (χ2n) is 15.1. The van der Waals surface area contributed by atoms with Crippen molar-refractivity contribution in [3.8, 4) is 33.4 Å². The molecule has 11 aromatic rings. The molecule has 0 fully saturated rings. The van der Waals surface area contributed by atoms with Crippen LogP contribution in [0.25, 0.3) is 87.6 Å². The summed E-state index contributed by atoms with van der Waals surface area (Å²) < 4.78 is 6.68. The molecular weight excluding hydrogens is 677 g/mol. The number of hydrogen-bond donors (Lipinski definition) is 0. The summed E-state index contributed by atoms with van der Waals surface area (Å²) in [5.74, 6) is 0. The van der Waals surface area contributed by atoms with Crippen LogP contribution in [0.3, 0.4) is 0 Å². The summed E-state index contributed by atoms with van der Waals surface area (Å²) >= 11 is 0. The van der Waals surface area contributed by atoms with Crippen molar-refractivity contribution in [3.63, 3.8) is 0 Å². The summed E-state index contributed by atoms with van der Waals surface area (Å²) in [6.07, 6.45) is 0. The third kappa shape index (κ3) is 4.31. The van der Waals surface area contributed by atoms with E-state index in [9.17, 15) is 0 Å². The minimum atomic E-state index is -0.564. The molecule has 0 N–H and O–H groups in total. The highest BCUT2D eigenvalue weighted by atomic mass is 16.3. The van der Waals surface area contributed by atoms with Gasteiger partial charge in [-0.3, -0.25) is 0 Å². The van der Waals surface area contributed by atoms with Crippen LogP contribution < -0.4 is 0 Å². The van der Waals surface area contributed by atoms with E-state index in [1.165, 1.54) is 82.6 Å². The predicted octanol–water partition coefficient (Wildman–Crippen LogP) is 14.7. The highest BCUT2D eigenvalue weighted by Gasteiger charge is 2.48. The maximum absolute atomic E-state index is 6.68. The first-order valence-corrected chi connectivity index (χ1v) is 19.4. The molecule has 56 heavy (non-hydrogen) atoms. The van der Waals surface area contributed by atoms with Gasteiger partial charge in [0.15, 0.2) is 0 Å². The molecule has 12 rings (SSSR count). The molecule has 0 aliphatic heterocycles. The van der Waals surface area contributed by atoms with Gasteiger partial charge in [0, 0.05) is 16.2 Å². The summed E-state index contributed by atoms with van der Waals surface area (Å²) in [5.41, 5.74) is 13.8. The molecule has 260 valence electrons. The normalized spacial score (nSPS) is 13.1. The summed E-state index contributed by atoms with van der Waals surface area (Å²) in [7, 11) is 0. The molecule has 0 saturated carbocycles. The number of rotatable bonds is 4. The largest absolute Gasteiger partial charge is 0.455 e. The lowest BCUT2D eigenvalue weighted by Crippen LogP contribution is -2.28. The fourth-order valence-corrected chi connectivity index (χ4v) is 9.92. The van der Waals surface area contributed by atoms with Crippen LogP contribution in [-0.4, -0.2) is 0 Å². The second-order valence-corrected chi connectivity index (χ2v) is 15.1. The zero-order valence-electron chi connectivity index (χ0n) is 30.5. The van der Waals surface area contributed by atoms with Gasteiger partial charge in [-0.05, 0) is 113 Å². The van der Waals surface area contributed by atoms with Crippen LogP contribution in [0.2, 0.25) is 0 Å². The van der Waals surface area contributed by atoms with Crippen LogP contribution in [0.5, 0.6) is 0 Å². The van der Waals surface area contributed by atoms with Crippen molar-refractivity contribution in [1.82, 2.24) is 0 Å². The molecular formula is C55H34O. The SMILES string of the molecule is c1ccc(C2(c3ccccc3)c3ccccc3-c3c(-c4ccc5ccccc5c4)cc4ccc(-c5cccc6oc7c8ccccc8ccc7c56)cc4c32)cc1. The zero-order valence-corrected chi connectivity index (χ0v) is 30.5.